The first-order valence-corrected chi connectivity index (χ1v) is 4.97. The molecular formula is C11H9N3O4. The maximum absolute atomic E-state index is 12.0. The minimum absolute atomic E-state index is 0.0632. The summed E-state index contributed by atoms with van der Waals surface area (Å²) in [5.74, 6) is -2.10. The van der Waals surface area contributed by atoms with Gasteiger partial charge >= 0.3 is 5.97 Å². The van der Waals surface area contributed by atoms with Crippen LogP contribution >= 0.6 is 0 Å². The van der Waals surface area contributed by atoms with Crippen molar-refractivity contribution in [2.45, 2.75) is 0 Å². The quantitative estimate of drug-likeness (QED) is 0.870. The van der Waals surface area contributed by atoms with Crippen LogP contribution in [-0.4, -0.2) is 34.2 Å². The number of pyridine rings is 1. The first-order chi connectivity index (χ1) is 8.59. The van der Waals surface area contributed by atoms with E-state index in [2.05, 4.69) is 14.7 Å². The predicted molar refractivity (Wildman–Crippen MR) is 60.4 cm³/mol. The third-order valence-electron chi connectivity index (χ3n) is 2.29. The summed E-state index contributed by atoms with van der Waals surface area (Å²) in [4.78, 5) is 27.7. The van der Waals surface area contributed by atoms with Crippen molar-refractivity contribution in [3.8, 4) is 0 Å². The van der Waals surface area contributed by atoms with Crippen LogP contribution in [0.3, 0.4) is 0 Å². The molecule has 0 bridgehead atoms. The molecular weight excluding hydrogens is 238 g/mol. The van der Waals surface area contributed by atoms with Gasteiger partial charge in [-0.05, 0) is 12.1 Å². The Hall–Kier alpha value is -2.70. The van der Waals surface area contributed by atoms with Gasteiger partial charge in [-0.2, -0.15) is 0 Å². The van der Waals surface area contributed by atoms with Crippen molar-refractivity contribution in [1.82, 2.24) is 10.1 Å². The summed E-state index contributed by atoms with van der Waals surface area (Å²) in [6, 6.07) is 4.38. The average Bonchev–Trinajstić information content (AvgIpc) is 2.88. The van der Waals surface area contributed by atoms with Gasteiger partial charge in [0.1, 0.15) is 0 Å². The van der Waals surface area contributed by atoms with Crippen molar-refractivity contribution in [3.63, 3.8) is 0 Å². The van der Waals surface area contributed by atoms with Gasteiger partial charge in [0.05, 0.1) is 0 Å². The summed E-state index contributed by atoms with van der Waals surface area (Å²) < 4.78 is 4.52. The second kappa shape index (κ2) is 4.66. The van der Waals surface area contributed by atoms with Crippen molar-refractivity contribution in [1.29, 1.82) is 0 Å². The molecule has 1 amide bonds. The van der Waals surface area contributed by atoms with Crippen molar-refractivity contribution < 1.29 is 19.2 Å². The van der Waals surface area contributed by atoms with Crippen LogP contribution in [0.2, 0.25) is 0 Å². The lowest BCUT2D eigenvalue weighted by atomic mass is 10.3. The largest absolute Gasteiger partial charge is 0.475 e. The van der Waals surface area contributed by atoms with E-state index in [-0.39, 0.29) is 11.5 Å². The maximum atomic E-state index is 12.0. The van der Waals surface area contributed by atoms with E-state index in [1.165, 1.54) is 4.90 Å². The Bertz CT molecular complexity index is 579. The molecule has 2 heterocycles. The van der Waals surface area contributed by atoms with Gasteiger partial charge in [0, 0.05) is 31.2 Å². The average molecular weight is 247 g/mol. The molecule has 0 aliphatic rings. The van der Waals surface area contributed by atoms with E-state index in [1.54, 1.807) is 31.6 Å². The third-order valence-corrected chi connectivity index (χ3v) is 2.29. The summed E-state index contributed by atoms with van der Waals surface area (Å²) >= 11 is 0. The molecule has 0 aromatic carbocycles. The Labute approximate surface area is 102 Å². The highest BCUT2D eigenvalue weighted by atomic mass is 16.5. The minimum atomic E-state index is -1.27. The highest BCUT2D eigenvalue weighted by molar-refractivity contribution is 6.05. The number of rotatable bonds is 3. The highest BCUT2D eigenvalue weighted by Gasteiger charge is 2.20. The molecule has 92 valence electrons. The van der Waals surface area contributed by atoms with Gasteiger partial charge in [-0.25, -0.2) is 4.79 Å². The fraction of sp³-hybridized carbons (Fsp3) is 0.0909. The van der Waals surface area contributed by atoms with Gasteiger partial charge in [0.25, 0.3) is 5.91 Å². The van der Waals surface area contributed by atoms with E-state index in [9.17, 15) is 9.59 Å². The zero-order chi connectivity index (χ0) is 13.1. The fourth-order valence-electron chi connectivity index (χ4n) is 1.33. The molecule has 0 saturated carbocycles. The molecule has 0 spiro atoms. The van der Waals surface area contributed by atoms with Gasteiger partial charge in [0.15, 0.2) is 5.69 Å². The van der Waals surface area contributed by atoms with Gasteiger partial charge in [-0.1, -0.05) is 5.16 Å². The summed E-state index contributed by atoms with van der Waals surface area (Å²) in [6.07, 6.45) is 3.09. The molecule has 2 rings (SSSR count). The number of amides is 1. The molecule has 0 aliphatic heterocycles. The molecule has 2 aromatic rings. The molecule has 2 aromatic heterocycles. The van der Waals surface area contributed by atoms with E-state index >= 15 is 0 Å². The first-order valence-electron chi connectivity index (χ1n) is 4.97. The van der Waals surface area contributed by atoms with E-state index in [1.807, 2.05) is 0 Å². The number of nitrogens with zero attached hydrogens (tertiary/aromatic N) is 3. The highest BCUT2D eigenvalue weighted by Crippen LogP contribution is 2.14. The number of aromatic nitrogens is 2. The summed E-state index contributed by atoms with van der Waals surface area (Å²) in [5.41, 5.74) is 0.557. The standard InChI is InChI=1S/C11H9N3O4/c1-14(7-2-4-12-5-3-7)10(15)8-6-9(11(16)17)18-13-8/h2-6H,1H3,(H,16,17). The van der Waals surface area contributed by atoms with E-state index in [0.717, 1.165) is 6.07 Å². The number of anilines is 1. The number of hydrogen-bond donors (Lipinski definition) is 1. The van der Waals surface area contributed by atoms with Crippen molar-refractivity contribution >= 4 is 17.6 Å². The monoisotopic (exact) mass is 247 g/mol. The molecule has 0 fully saturated rings. The number of carboxylic acids is 1. The smallest absolute Gasteiger partial charge is 0.374 e. The Morgan fingerprint density at radius 2 is 2.00 bits per heavy atom. The van der Waals surface area contributed by atoms with Crippen molar-refractivity contribution in [2.24, 2.45) is 0 Å². The van der Waals surface area contributed by atoms with Gasteiger partial charge in [0.2, 0.25) is 5.76 Å². The second-order valence-electron chi connectivity index (χ2n) is 3.45. The van der Waals surface area contributed by atoms with Crippen molar-refractivity contribution in [3.05, 3.63) is 42.0 Å². The maximum Gasteiger partial charge on any atom is 0.374 e. The molecule has 0 atom stereocenters. The second-order valence-corrected chi connectivity index (χ2v) is 3.45. The lowest BCUT2D eigenvalue weighted by Gasteiger charge is -2.14. The molecule has 0 aliphatic carbocycles. The lowest BCUT2D eigenvalue weighted by Crippen LogP contribution is -2.26. The molecule has 1 N–H and O–H groups in total. The van der Waals surface area contributed by atoms with Crippen molar-refractivity contribution in [2.75, 3.05) is 11.9 Å². The Morgan fingerprint density at radius 1 is 1.33 bits per heavy atom. The number of carboxylic acid groups (broad SMARTS) is 1. The third kappa shape index (κ3) is 2.19. The van der Waals surface area contributed by atoms with Gasteiger partial charge < -0.3 is 14.5 Å². The predicted octanol–water partition coefficient (Wildman–Crippen LogP) is 1.04. The fourth-order valence-corrected chi connectivity index (χ4v) is 1.33. The summed E-state index contributed by atoms with van der Waals surface area (Å²) in [5, 5.41) is 12.1. The molecule has 0 radical (unpaired) electrons. The number of carbonyl (C=O) groups excluding carboxylic acids is 1. The van der Waals surface area contributed by atoms with Crippen LogP contribution < -0.4 is 4.90 Å². The number of hydrogen-bond acceptors (Lipinski definition) is 5. The van der Waals surface area contributed by atoms with E-state index in [0.29, 0.717) is 5.69 Å². The molecule has 18 heavy (non-hydrogen) atoms. The zero-order valence-electron chi connectivity index (χ0n) is 9.40. The van der Waals surface area contributed by atoms with Crippen LogP contribution in [0.15, 0.2) is 35.1 Å². The van der Waals surface area contributed by atoms with Crippen LogP contribution in [-0.2, 0) is 0 Å². The zero-order valence-corrected chi connectivity index (χ0v) is 9.40. The molecule has 7 heteroatoms. The number of aromatic carboxylic acids is 1. The normalized spacial score (nSPS) is 10.1. The summed E-state index contributed by atoms with van der Waals surface area (Å²) in [6.45, 7) is 0. The van der Waals surface area contributed by atoms with Gasteiger partial charge in [-0.3, -0.25) is 9.78 Å². The lowest BCUT2D eigenvalue weighted by molar-refractivity contribution is 0.0651. The number of carbonyl (C=O) groups is 2. The molecule has 0 saturated heterocycles. The minimum Gasteiger partial charge on any atom is -0.475 e. The van der Waals surface area contributed by atoms with E-state index in [4.69, 9.17) is 5.11 Å². The van der Waals surface area contributed by atoms with E-state index < -0.39 is 11.9 Å². The molecule has 0 unspecified atom stereocenters. The van der Waals surface area contributed by atoms with Crippen LogP contribution in [0.1, 0.15) is 21.0 Å². The van der Waals surface area contributed by atoms with Crippen LogP contribution in [0.4, 0.5) is 5.69 Å². The Balaban J connectivity index is 2.23. The van der Waals surface area contributed by atoms with Crippen LogP contribution in [0.5, 0.6) is 0 Å². The first kappa shape index (κ1) is 11.8. The SMILES string of the molecule is CN(C(=O)c1cc(C(=O)O)on1)c1ccncc1. The Morgan fingerprint density at radius 3 is 2.56 bits per heavy atom. The molecule has 7 nitrogen and oxygen atoms in total. The van der Waals surface area contributed by atoms with Gasteiger partial charge in [-0.15, -0.1) is 0 Å². The van der Waals surface area contributed by atoms with Crippen LogP contribution in [0.25, 0.3) is 0 Å². The van der Waals surface area contributed by atoms with Crippen LogP contribution in [0, 0.1) is 0 Å². The summed E-state index contributed by atoms with van der Waals surface area (Å²) in [7, 11) is 1.55. The Kier molecular flexibility index (Phi) is 3.05. The topological polar surface area (TPSA) is 96.5 Å².